The van der Waals surface area contributed by atoms with E-state index in [0.717, 1.165) is 10.1 Å². The van der Waals surface area contributed by atoms with Crippen molar-refractivity contribution < 1.29 is 39.4 Å². The zero-order chi connectivity index (χ0) is 34.2. The Morgan fingerprint density at radius 2 is 1.72 bits per heavy atom. The third-order valence-electron chi connectivity index (χ3n) is 7.69. The fourth-order valence-corrected chi connectivity index (χ4v) is 8.38. The Bertz CT molecular complexity index is 1850. The first-order valence-electron chi connectivity index (χ1n) is 14.2. The van der Waals surface area contributed by atoms with Gasteiger partial charge in [0.15, 0.2) is 0 Å². The van der Waals surface area contributed by atoms with Crippen LogP contribution in [0.15, 0.2) is 72.8 Å². The number of carboxylic acids is 1. The lowest BCUT2D eigenvalue weighted by Gasteiger charge is -2.43. The number of amides is 3. The van der Waals surface area contributed by atoms with E-state index in [2.05, 4.69) is 10.6 Å². The summed E-state index contributed by atoms with van der Waals surface area (Å²) in [7, 11) is -1.58. The first kappa shape index (κ1) is 34.2. The summed E-state index contributed by atoms with van der Waals surface area (Å²) < 4.78 is 0.294. The summed E-state index contributed by atoms with van der Waals surface area (Å²) in [6.45, 7) is 3.53. The van der Waals surface area contributed by atoms with Crippen molar-refractivity contribution in [3.8, 4) is 5.75 Å². The normalized spacial score (nSPS) is 19.9. The third kappa shape index (κ3) is 6.95. The van der Waals surface area contributed by atoms with Crippen LogP contribution in [0.25, 0.3) is 10.1 Å². The highest BCUT2D eigenvalue weighted by Crippen LogP contribution is 2.50. The molecule has 12 nitrogen and oxygen atoms in total. The van der Waals surface area contributed by atoms with Crippen LogP contribution in [0.2, 0.25) is 5.02 Å². The number of thiophene rings is 1. The van der Waals surface area contributed by atoms with Gasteiger partial charge in [0.2, 0.25) is 11.8 Å². The van der Waals surface area contributed by atoms with E-state index in [1.807, 2.05) is 24.3 Å². The van der Waals surface area contributed by atoms with Gasteiger partial charge in [-0.1, -0.05) is 54.1 Å². The molecular weight excluding hydrogens is 667 g/mol. The summed E-state index contributed by atoms with van der Waals surface area (Å²) in [5, 5.41) is 43.2. The number of aromatic hydroxyl groups is 1. The second-order valence-electron chi connectivity index (χ2n) is 11.3. The van der Waals surface area contributed by atoms with Gasteiger partial charge in [-0.15, -0.1) is 23.1 Å². The fraction of sp³-hybridized carbons (Fsp3) is 0.226. The molecule has 244 valence electrons. The average Bonchev–Trinajstić information content (AvgIpc) is 3.51. The van der Waals surface area contributed by atoms with Gasteiger partial charge in [0.05, 0.1) is 5.02 Å². The highest BCUT2D eigenvalue weighted by atomic mass is 35.5. The first-order chi connectivity index (χ1) is 22.2. The van der Waals surface area contributed by atoms with Crippen molar-refractivity contribution in [2.75, 3.05) is 5.32 Å². The number of nitrogens with two attached hydrogens (primary N) is 1. The number of halogens is 1. The SMILES string of the molecule is CC1(C)S[C@@H]2[C@H](NC(=O)[C@H](N)c3ccc(O)cc3)C(=O)N2[C@H]1C(=O)O.O=C(Nc1cccc(B(O)O)c1)c1sc2ccccc2c1Cl. The number of aliphatic carboxylic acids is 1. The molecular formula is C31H30BClN4O8S2. The summed E-state index contributed by atoms with van der Waals surface area (Å²) in [5.41, 5.74) is 7.19. The number of thioether (sulfide) groups is 1. The molecule has 47 heavy (non-hydrogen) atoms. The topological polar surface area (TPSA) is 203 Å². The van der Waals surface area contributed by atoms with Gasteiger partial charge in [-0.3, -0.25) is 14.4 Å². The van der Waals surface area contributed by atoms with Crippen LogP contribution in [-0.4, -0.2) is 78.2 Å². The quantitative estimate of drug-likeness (QED) is 0.111. The van der Waals surface area contributed by atoms with Crippen LogP contribution in [0.4, 0.5) is 5.69 Å². The molecule has 2 fully saturated rings. The Morgan fingerprint density at radius 3 is 2.36 bits per heavy atom. The van der Waals surface area contributed by atoms with Crippen molar-refractivity contribution in [2.45, 2.75) is 42.1 Å². The molecule has 16 heteroatoms. The van der Waals surface area contributed by atoms with Gasteiger partial charge < -0.3 is 41.5 Å². The fourth-order valence-electron chi connectivity index (χ4n) is 5.35. The van der Waals surface area contributed by atoms with E-state index in [1.54, 1.807) is 32.0 Å². The number of β-lactam (4-membered cyclic amide) rings is 1. The Hall–Kier alpha value is -4.12. The second kappa shape index (κ2) is 13.5. The summed E-state index contributed by atoms with van der Waals surface area (Å²) in [4.78, 5) is 50.3. The molecule has 2 aliphatic heterocycles. The van der Waals surface area contributed by atoms with E-state index in [1.165, 1.54) is 58.3 Å². The number of benzene rings is 3. The molecule has 2 saturated heterocycles. The molecule has 3 aromatic carbocycles. The van der Waals surface area contributed by atoms with Crippen LogP contribution in [0.5, 0.6) is 5.75 Å². The number of hydrogen-bond donors (Lipinski definition) is 7. The van der Waals surface area contributed by atoms with Crippen LogP contribution >= 0.6 is 34.7 Å². The highest BCUT2D eigenvalue weighted by Gasteiger charge is 2.64. The minimum Gasteiger partial charge on any atom is -0.508 e. The smallest absolute Gasteiger partial charge is 0.488 e. The molecule has 8 N–H and O–H groups in total. The van der Waals surface area contributed by atoms with Crippen LogP contribution in [-0.2, 0) is 14.4 Å². The monoisotopic (exact) mass is 696 g/mol. The van der Waals surface area contributed by atoms with E-state index in [9.17, 15) is 29.4 Å². The van der Waals surface area contributed by atoms with Gasteiger partial charge in [-0.05, 0) is 55.2 Å². The van der Waals surface area contributed by atoms with E-state index < -0.39 is 53.1 Å². The number of anilines is 1. The minimum absolute atomic E-state index is 0.0606. The molecule has 3 heterocycles. The van der Waals surface area contributed by atoms with Crippen molar-refractivity contribution in [3.05, 3.63) is 88.3 Å². The predicted octanol–water partition coefficient (Wildman–Crippen LogP) is 2.51. The Morgan fingerprint density at radius 1 is 1.04 bits per heavy atom. The van der Waals surface area contributed by atoms with Gasteiger partial charge in [0.1, 0.15) is 34.1 Å². The molecule has 0 aliphatic carbocycles. The molecule has 0 bridgehead atoms. The van der Waals surface area contributed by atoms with Crippen molar-refractivity contribution in [1.82, 2.24) is 10.2 Å². The number of carbonyl (C=O) groups is 4. The maximum Gasteiger partial charge on any atom is 0.488 e. The summed E-state index contributed by atoms with van der Waals surface area (Å²) >= 11 is 8.94. The largest absolute Gasteiger partial charge is 0.508 e. The van der Waals surface area contributed by atoms with Gasteiger partial charge in [0.25, 0.3) is 5.91 Å². The van der Waals surface area contributed by atoms with E-state index >= 15 is 0 Å². The molecule has 6 rings (SSSR count). The highest BCUT2D eigenvalue weighted by molar-refractivity contribution is 8.01. The number of phenolic OH excluding ortho intramolecular Hbond substituents is 1. The first-order valence-corrected chi connectivity index (χ1v) is 16.3. The van der Waals surface area contributed by atoms with Crippen molar-refractivity contribution >= 4 is 86.7 Å². The van der Waals surface area contributed by atoms with Crippen molar-refractivity contribution in [1.29, 1.82) is 0 Å². The Labute approximate surface area is 282 Å². The summed E-state index contributed by atoms with van der Waals surface area (Å²) in [6.07, 6.45) is 0. The molecule has 2 aliphatic rings. The molecule has 0 spiro atoms. The second-order valence-corrected chi connectivity index (χ2v) is 14.5. The molecule has 3 amide bonds. The lowest BCUT2D eigenvalue weighted by Crippen LogP contribution is -2.71. The van der Waals surface area contributed by atoms with E-state index in [0.29, 0.717) is 26.6 Å². The molecule has 4 atom stereocenters. The molecule has 0 radical (unpaired) electrons. The van der Waals surface area contributed by atoms with E-state index in [-0.39, 0.29) is 11.7 Å². The number of carbonyl (C=O) groups excluding carboxylic acids is 3. The van der Waals surface area contributed by atoms with Crippen LogP contribution in [0, 0.1) is 0 Å². The lowest BCUT2D eigenvalue weighted by molar-refractivity contribution is -0.161. The van der Waals surface area contributed by atoms with Crippen molar-refractivity contribution in [3.63, 3.8) is 0 Å². The van der Waals surface area contributed by atoms with Crippen LogP contribution < -0.4 is 21.8 Å². The van der Waals surface area contributed by atoms with Crippen LogP contribution in [0.3, 0.4) is 0 Å². The number of nitrogens with one attached hydrogen (secondary N) is 2. The molecule has 0 saturated carbocycles. The summed E-state index contributed by atoms with van der Waals surface area (Å²) in [5.74, 6) is -2.26. The van der Waals surface area contributed by atoms with Gasteiger partial charge >= 0.3 is 13.1 Å². The lowest BCUT2D eigenvalue weighted by atomic mass is 9.80. The molecule has 0 unspecified atom stereocenters. The maximum absolute atomic E-state index is 12.4. The maximum atomic E-state index is 12.4. The standard InChI is InChI=1S/C16H19N3O5S.C15H11BClNO3S/c1-16(2)11(15(23)24)19-13(22)10(14(19)25-16)18-12(21)9(17)7-3-5-8(20)6-4-7;17-13-11-6-1-2-7-12(11)22-14(13)15(19)18-10-5-3-4-9(8-10)16(20)21/h3-6,9-11,14,20H,17H2,1-2H3,(H,18,21)(H,23,24);1-8,20-21H,(H,18,19)/t9-,10-,11+,14-;/m1./s1. The Kier molecular flexibility index (Phi) is 9.87. The predicted molar refractivity (Wildman–Crippen MR) is 182 cm³/mol. The number of hydrogen-bond acceptors (Lipinski definition) is 10. The van der Waals surface area contributed by atoms with E-state index in [4.69, 9.17) is 27.4 Å². The number of rotatable bonds is 7. The Balaban J connectivity index is 0.000000186. The zero-order valence-electron chi connectivity index (χ0n) is 25.0. The summed E-state index contributed by atoms with van der Waals surface area (Å²) in [6, 6.07) is 17.1. The van der Waals surface area contributed by atoms with Gasteiger partial charge in [-0.25, -0.2) is 4.79 Å². The van der Waals surface area contributed by atoms with Gasteiger partial charge in [-0.2, -0.15) is 0 Å². The number of phenols is 1. The van der Waals surface area contributed by atoms with Crippen molar-refractivity contribution in [2.24, 2.45) is 5.73 Å². The third-order valence-corrected chi connectivity index (χ3v) is 10.9. The van der Waals surface area contributed by atoms with Crippen LogP contribution in [0.1, 0.15) is 35.1 Å². The average molecular weight is 697 g/mol. The van der Waals surface area contributed by atoms with Gasteiger partial charge in [0, 0.05) is 20.5 Å². The number of nitrogens with zero attached hydrogens (tertiary/aromatic N) is 1. The molecule has 4 aromatic rings. The number of fused-ring (bicyclic) bond motifs is 2. The molecule has 1 aromatic heterocycles. The zero-order valence-corrected chi connectivity index (χ0v) is 27.3. The minimum atomic E-state index is -1.58. The number of carboxylic acid groups (broad SMARTS) is 1.